The number of aromatic nitrogens is 1. The summed E-state index contributed by atoms with van der Waals surface area (Å²) < 4.78 is 1.06. The molecule has 4 heteroatoms. The van der Waals surface area contributed by atoms with Crippen LogP contribution in [0.3, 0.4) is 0 Å². The molecule has 0 aromatic carbocycles. The Morgan fingerprint density at radius 1 is 1.47 bits per heavy atom. The van der Waals surface area contributed by atoms with Crippen LogP contribution in [-0.2, 0) is 6.54 Å². The molecule has 1 aliphatic heterocycles. The van der Waals surface area contributed by atoms with Crippen LogP contribution in [0.2, 0.25) is 0 Å². The van der Waals surface area contributed by atoms with Gasteiger partial charge in [0.05, 0.1) is 5.69 Å². The molecule has 1 saturated heterocycles. The highest BCUT2D eigenvalue weighted by atomic mass is 79.9. The van der Waals surface area contributed by atoms with Crippen molar-refractivity contribution in [3.63, 3.8) is 0 Å². The Balaban J connectivity index is 2.03. The predicted octanol–water partition coefficient (Wildman–Crippen LogP) is 1.56. The standard InChI is InChI=1S/C11H16BrN3/c1-9-6-10(12)7-14-11(9)8-15-4-2-13-3-5-15/h6-7,13H,2-5,8H2,1H3. The molecule has 0 spiro atoms. The quantitative estimate of drug-likeness (QED) is 0.884. The Kier molecular flexibility index (Phi) is 3.72. The van der Waals surface area contributed by atoms with E-state index in [0.717, 1.165) is 37.2 Å². The third-order valence-electron chi connectivity index (χ3n) is 2.74. The maximum Gasteiger partial charge on any atom is 0.0573 e. The summed E-state index contributed by atoms with van der Waals surface area (Å²) in [5.41, 5.74) is 2.46. The van der Waals surface area contributed by atoms with Gasteiger partial charge in [-0.1, -0.05) is 0 Å². The molecule has 3 nitrogen and oxygen atoms in total. The highest BCUT2D eigenvalue weighted by Crippen LogP contribution is 2.14. The average Bonchev–Trinajstić information content (AvgIpc) is 2.24. The van der Waals surface area contributed by atoms with Crippen molar-refractivity contribution in [3.05, 3.63) is 28.0 Å². The van der Waals surface area contributed by atoms with Crippen molar-refractivity contribution < 1.29 is 0 Å². The fourth-order valence-corrected chi connectivity index (χ4v) is 2.26. The van der Waals surface area contributed by atoms with Gasteiger partial charge in [0.15, 0.2) is 0 Å². The lowest BCUT2D eigenvalue weighted by molar-refractivity contribution is 0.230. The first-order valence-corrected chi connectivity index (χ1v) is 6.09. The molecule has 1 fully saturated rings. The van der Waals surface area contributed by atoms with E-state index in [2.05, 4.69) is 44.1 Å². The number of hydrogen-bond donors (Lipinski definition) is 1. The molecule has 0 amide bonds. The summed E-state index contributed by atoms with van der Waals surface area (Å²) in [7, 11) is 0. The molecule has 1 aromatic heterocycles. The fourth-order valence-electron chi connectivity index (χ4n) is 1.82. The van der Waals surface area contributed by atoms with Gasteiger partial charge in [0.25, 0.3) is 0 Å². The average molecular weight is 270 g/mol. The third kappa shape index (κ3) is 3.00. The predicted molar refractivity (Wildman–Crippen MR) is 64.8 cm³/mol. The highest BCUT2D eigenvalue weighted by molar-refractivity contribution is 9.10. The molecule has 2 rings (SSSR count). The Labute approximate surface area is 99.0 Å². The molecule has 0 saturated carbocycles. The van der Waals surface area contributed by atoms with E-state index in [1.165, 1.54) is 11.3 Å². The topological polar surface area (TPSA) is 28.2 Å². The van der Waals surface area contributed by atoms with Gasteiger partial charge in [0.1, 0.15) is 0 Å². The van der Waals surface area contributed by atoms with E-state index in [-0.39, 0.29) is 0 Å². The molecule has 0 radical (unpaired) electrons. The third-order valence-corrected chi connectivity index (χ3v) is 3.17. The first-order chi connectivity index (χ1) is 7.25. The molecular weight excluding hydrogens is 254 g/mol. The summed E-state index contributed by atoms with van der Waals surface area (Å²) in [5, 5.41) is 3.35. The number of halogens is 1. The van der Waals surface area contributed by atoms with Crippen LogP contribution in [0.5, 0.6) is 0 Å². The van der Waals surface area contributed by atoms with Gasteiger partial charge in [-0.25, -0.2) is 0 Å². The minimum absolute atomic E-state index is 0.973. The number of pyridine rings is 1. The molecule has 82 valence electrons. The van der Waals surface area contributed by atoms with E-state index < -0.39 is 0 Å². The summed E-state index contributed by atoms with van der Waals surface area (Å²) in [5.74, 6) is 0. The minimum Gasteiger partial charge on any atom is -0.314 e. The number of nitrogens with zero attached hydrogens (tertiary/aromatic N) is 2. The number of piperazine rings is 1. The van der Waals surface area contributed by atoms with Crippen molar-refractivity contribution in [3.8, 4) is 0 Å². The van der Waals surface area contributed by atoms with Crippen molar-refractivity contribution in [1.82, 2.24) is 15.2 Å². The highest BCUT2D eigenvalue weighted by Gasteiger charge is 2.11. The van der Waals surface area contributed by atoms with Gasteiger partial charge in [0, 0.05) is 43.4 Å². The molecular formula is C11H16BrN3. The van der Waals surface area contributed by atoms with E-state index in [1.54, 1.807) is 0 Å². The Bertz CT molecular complexity index is 335. The molecule has 2 heterocycles. The zero-order valence-electron chi connectivity index (χ0n) is 8.96. The van der Waals surface area contributed by atoms with E-state index in [4.69, 9.17) is 0 Å². The molecule has 0 bridgehead atoms. The van der Waals surface area contributed by atoms with E-state index in [0.29, 0.717) is 0 Å². The van der Waals surface area contributed by atoms with Crippen LogP contribution in [0.25, 0.3) is 0 Å². The molecule has 1 N–H and O–H groups in total. The van der Waals surface area contributed by atoms with Gasteiger partial charge in [0.2, 0.25) is 0 Å². The second-order valence-electron chi connectivity index (χ2n) is 3.94. The minimum atomic E-state index is 0.973. The smallest absolute Gasteiger partial charge is 0.0573 e. The maximum atomic E-state index is 4.46. The SMILES string of the molecule is Cc1cc(Br)cnc1CN1CCNCC1. The number of nitrogens with one attached hydrogen (secondary N) is 1. The monoisotopic (exact) mass is 269 g/mol. The first-order valence-electron chi connectivity index (χ1n) is 5.30. The van der Waals surface area contributed by atoms with Gasteiger partial charge in [-0.05, 0) is 34.5 Å². The Morgan fingerprint density at radius 2 is 2.20 bits per heavy atom. The summed E-state index contributed by atoms with van der Waals surface area (Å²) in [6.45, 7) is 7.52. The van der Waals surface area contributed by atoms with E-state index in [9.17, 15) is 0 Å². The van der Waals surface area contributed by atoms with Crippen LogP contribution in [0, 0.1) is 6.92 Å². The fraction of sp³-hybridized carbons (Fsp3) is 0.545. The number of aryl methyl sites for hydroxylation is 1. The van der Waals surface area contributed by atoms with Gasteiger partial charge in [-0.15, -0.1) is 0 Å². The van der Waals surface area contributed by atoms with Crippen LogP contribution in [0.4, 0.5) is 0 Å². The maximum absolute atomic E-state index is 4.46. The molecule has 1 aliphatic rings. The Hall–Kier alpha value is -0.450. The second-order valence-corrected chi connectivity index (χ2v) is 4.86. The van der Waals surface area contributed by atoms with Crippen molar-refractivity contribution in [2.24, 2.45) is 0 Å². The number of rotatable bonds is 2. The van der Waals surface area contributed by atoms with Crippen molar-refractivity contribution in [2.75, 3.05) is 26.2 Å². The second kappa shape index (κ2) is 5.05. The van der Waals surface area contributed by atoms with E-state index >= 15 is 0 Å². The van der Waals surface area contributed by atoms with Crippen molar-refractivity contribution in [2.45, 2.75) is 13.5 Å². The number of hydrogen-bond acceptors (Lipinski definition) is 3. The summed E-state index contributed by atoms with van der Waals surface area (Å²) in [6, 6.07) is 2.13. The van der Waals surface area contributed by atoms with Crippen LogP contribution >= 0.6 is 15.9 Å². The lowest BCUT2D eigenvalue weighted by Gasteiger charge is -2.27. The van der Waals surface area contributed by atoms with Gasteiger partial charge >= 0.3 is 0 Å². The summed E-state index contributed by atoms with van der Waals surface area (Å²) in [4.78, 5) is 6.91. The summed E-state index contributed by atoms with van der Waals surface area (Å²) in [6.07, 6.45) is 1.88. The zero-order chi connectivity index (χ0) is 10.7. The van der Waals surface area contributed by atoms with Gasteiger partial charge in [-0.2, -0.15) is 0 Å². The zero-order valence-corrected chi connectivity index (χ0v) is 10.5. The largest absolute Gasteiger partial charge is 0.314 e. The molecule has 0 atom stereocenters. The van der Waals surface area contributed by atoms with Crippen LogP contribution in [-0.4, -0.2) is 36.1 Å². The van der Waals surface area contributed by atoms with Gasteiger partial charge in [-0.3, -0.25) is 9.88 Å². The van der Waals surface area contributed by atoms with E-state index in [1.807, 2.05) is 6.20 Å². The van der Waals surface area contributed by atoms with Crippen LogP contribution in [0.15, 0.2) is 16.7 Å². The van der Waals surface area contributed by atoms with Crippen LogP contribution < -0.4 is 5.32 Å². The van der Waals surface area contributed by atoms with Crippen molar-refractivity contribution in [1.29, 1.82) is 0 Å². The molecule has 0 unspecified atom stereocenters. The molecule has 0 aliphatic carbocycles. The molecule has 15 heavy (non-hydrogen) atoms. The summed E-state index contributed by atoms with van der Waals surface area (Å²) >= 11 is 3.44. The van der Waals surface area contributed by atoms with Gasteiger partial charge < -0.3 is 5.32 Å². The lowest BCUT2D eigenvalue weighted by Crippen LogP contribution is -2.43. The lowest BCUT2D eigenvalue weighted by atomic mass is 10.2. The van der Waals surface area contributed by atoms with Crippen LogP contribution in [0.1, 0.15) is 11.3 Å². The molecule has 1 aromatic rings. The van der Waals surface area contributed by atoms with Crippen molar-refractivity contribution >= 4 is 15.9 Å². The first kappa shape index (κ1) is 11.0. The Morgan fingerprint density at radius 3 is 2.87 bits per heavy atom. The normalized spacial score (nSPS) is 18.0.